The van der Waals surface area contributed by atoms with Crippen LogP contribution in [0, 0.1) is 0 Å². The number of piperidine rings is 1. The molecule has 1 fully saturated rings. The second-order valence-corrected chi connectivity index (χ2v) is 3.27. The van der Waals surface area contributed by atoms with Gasteiger partial charge in [0.2, 0.25) is 0 Å². The lowest BCUT2D eigenvalue weighted by molar-refractivity contribution is -0.167. The Labute approximate surface area is 87.2 Å². The summed E-state index contributed by atoms with van der Waals surface area (Å²) >= 11 is 0. The lowest BCUT2D eigenvalue weighted by Crippen LogP contribution is -2.62. The molecule has 1 heterocycles. The standard InChI is InChI=1S/C7H13NO5.ClH/c1-8-2-3(9)5(10)6(11)4(8)7(12)13;/h3-6,9-11H,2H2,1H3,(H,12,13);1H/t3-,4-,5+,6+;/m0./s1. The zero-order valence-corrected chi connectivity index (χ0v) is 8.39. The Balaban J connectivity index is 0.00000169. The Hall–Kier alpha value is -0.400. The molecule has 0 spiro atoms. The van der Waals surface area contributed by atoms with Crippen molar-refractivity contribution in [1.82, 2.24) is 4.90 Å². The van der Waals surface area contributed by atoms with Crippen LogP contribution in [-0.2, 0) is 4.79 Å². The van der Waals surface area contributed by atoms with Gasteiger partial charge in [0.15, 0.2) is 0 Å². The first kappa shape index (κ1) is 13.6. The summed E-state index contributed by atoms with van der Waals surface area (Å²) in [5.41, 5.74) is 0. The Morgan fingerprint density at radius 3 is 2.21 bits per heavy atom. The van der Waals surface area contributed by atoms with E-state index in [2.05, 4.69) is 0 Å². The summed E-state index contributed by atoms with van der Waals surface area (Å²) in [6.07, 6.45) is -3.95. The van der Waals surface area contributed by atoms with Gasteiger partial charge in [-0.25, -0.2) is 0 Å². The molecule has 0 unspecified atom stereocenters. The number of aliphatic hydroxyl groups is 3. The van der Waals surface area contributed by atoms with E-state index >= 15 is 0 Å². The highest BCUT2D eigenvalue weighted by Crippen LogP contribution is 2.17. The normalized spacial score (nSPS) is 38.9. The van der Waals surface area contributed by atoms with Crippen LogP contribution in [0.2, 0.25) is 0 Å². The highest BCUT2D eigenvalue weighted by atomic mass is 35.5. The van der Waals surface area contributed by atoms with Gasteiger partial charge >= 0.3 is 5.97 Å². The number of hydrogen-bond acceptors (Lipinski definition) is 5. The van der Waals surface area contributed by atoms with Gasteiger partial charge in [-0.3, -0.25) is 9.69 Å². The van der Waals surface area contributed by atoms with E-state index in [1.807, 2.05) is 0 Å². The Morgan fingerprint density at radius 2 is 1.79 bits per heavy atom. The second-order valence-electron chi connectivity index (χ2n) is 3.27. The smallest absolute Gasteiger partial charge is 0.323 e. The van der Waals surface area contributed by atoms with Gasteiger partial charge in [0.05, 0.1) is 6.10 Å². The number of nitrogens with zero attached hydrogens (tertiary/aromatic N) is 1. The van der Waals surface area contributed by atoms with E-state index in [0.717, 1.165) is 0 Å². The summed E-state index contributed by atoms with van der Waals surface area (Å²) in [6, 6.07) is -1.15. The number of likely N-dealkylation sites (N-methyl/N-ethyl adjacent to an activating group) is 1. The molecule has 1 saturated heterocycles. The molecule has 0 aromatic heterocycles. The minimum Gasteiger partial charge on any atom is -0.480 e. The number of likely N-dealkylation sites (tertiary alicyclic amines) is 1. The molecular formula is C7H14ClNO5. The molecule has 0 bridgehead atoms. The fraction of sp³-hybridized carbons (Fsp3) is 0.857. The molecule has 0 aromatic rings. The molecule has 0 aliphatic carbocycles. The van der Waals surface area contributed by atoms with Crippen LogP contribution in [0.5, 0.6) is 0 Å². The first-order valence-corrected chi connectivity index (χ1v) is 3.92. The number of carboxylic acids is 1. The minimum atomic E-state index is -1.45. The summed E-state index contributed by atoms with van der Waals surface area (Å²) in [5, 5.41) is 36.4. The van der Waals surface area contributed by atoms with Crippen molar-refractivity contribution in [3.05, 3.63) is 0 Å². The molecule has 6 nitrogen and oxygen atoms in total. The van der Waals surface area contributed by atoms with Gasteiger partial charge in [-0.15, -0.1) is 12.4 Å². The summed E-state index contributed by atoms with van der Waals surface area (Å²) in [5.74, 6) is -1.21. The maximum atomic E-state index is 10.6. The van der Waals surface area contributed by atoms with E-state index in [0.29, 0.717) is 0 Å². The highest BCUT2D eigenvalue weighted by Gasteiger charge is 2.43. The minimum absolute atomic E-state index is 0. The molecule has 1 aliphatic rings. The van der Waals surface area contributed by atoms with Crippen molar-refractivity contribution in [2.24, 2.45) is 0 Å². The number of β-amino-alcohol motifs (C(OH)–C–C–N with tert-alkyl or cyclic N) is 1. The lowest BCUT2D eigenvalue weighted by Gasteiger charge is -2.39. The first-order chi connectivity index (χ1) is 5.95. The van der Waals surface area contributed by atoms with Crippen LogP contribution in [0.3, 0.4) is 0 Å². The van der Waals surface area contributed by atoms with Crippen LogP contribution in [0.1, 0.15) is 0 Å². The zero-order valence-electron chi connectivity index (χ0n) is 7.57. The predicted octanol–water partition coefficient (Wildman–Crippen LogP) is -2.11. The SMILES string of the molecule is CN1C[C@H](O)[C@@H](O)[C@H](O)[C@H]1C(=O)O.Cl. The third kappa shape index (κ3) is 2.34. The average Bonchev–Trinajstić information content (AvgIpc) is 1.99. The largest absolute Gasteiger partial charge is 0.480 e. The van der Waals surface area contributed by atoms with Crippen molar-refractivity contribution in [3.8, 4) is 0 Å². The Bertz CT molecular complexity index is 214. The van der Waals surface area contributed by atoms with E-state index in [4.69, 9.17) is 5.11 Å². The molecule has 4 atom stereocenters. The average molecular weight is 228 g/mol. The first-order valence-electron chi connectivity index (χ1n) is 3.92. The van der Waals surface area contributed by atoms with E-state index in [1.165, 1.54) is 11.9 Å². The van der Waals surface area contributed by atoms with Gasteiger partial charge < -0.3 is 20.4 Å². The van der Waals surface area contributed by atoms with Gasteiger partial charge in [0, 0.05) is 6.54 Å². The van der Waals surface area contributed by atoms with Crippen LogP contribution < -0.4 is 0 Å². The van der Waals surface area contributed by atoms with Gasteiger partial charge in [0.1, 0.15) is 18.2 Å². The van der Waals surface area contributed by atoms with Crippen LogP contribution in [0.15, 0.2) is 0 Å². The van der Waals surface area contributed by atoms with Crippen molar-refractivity contribution in [1.29, 1.82) is 0 Å². The monoisotopic (exact) mass is 227 g/mol. The summed E-state index contributed by atoms with van der Waals surface area (Å²) in [7, 11) is 1.47. The number of aliphatic hydroxyl groups excluding tert-OH is 3. The van der Waals surface area contributed by atoms with E-state index in [-0.39, 0.29) is 19.0 Å². The summed E-state index contributed by atoms with van der Waals surface area (Å²) in [4.78, 5) is 11.9. The molecular weight excluding hydrogens is 214 g/mol. The molecule has 14 heavy (non-hydrogen) atoms. The van der Waals surface area contributed by atoms with E-state index in [9.17, 15) is 20.1 Å². The Morgan fingerprint density at radius 1 is 1.29 bits per heavy atom. The van der Waals surface area contributed by atoms with Crippen molar-refractivity contribution in [3.63, 3.8) is 0 Å². The van der Waals surface area contributed by atoms with Gasteiger partial charge in [-0.2, -0.15) is 0 Å². The van der Waals surface area contributed by atoms with Crippen molar-refractivity contribution < 1.29 is 25.2 Å². The number of aliphatic carboxylic acids is 1. The third-order valence-electron chi connectivity index (χ3n) is 2.27. The maximum absolute atomic E-state index is 10.6. The molecule has 84 valence electrons. The second kappa shape index (κ2) is 4.90. The third-order valence-corrected chi connectivity index (χ3v) is 2.27. The van der Waals surface area contributed by atoms with Gasteiger partial charge in [-0.05, 0) is 7.05 Å². The molecule has 0 aromatic carbocycles. The van der Waals surface area contributed by atoms with Gasteiger partial charge in [0.25, 0.3) is 0 Å². The zero-order chi connectivity index (χ0) is 10.2. The molecule has 1 rings (SSSR count). The topological polar surface area (TPSA) is 101 Å². The van der Waals surface area contributed by atoms with Crippen LogP contribution >= 0.6 is 12.4 Å². The fourth-order valence-corrected chi connectivity index (χ4v) is 1.53. The van der Waals surface area contributed by atoms with Crippen LogP contribution in [0.4, 0.5) is 0 Å². The van der Waals surface area contributed by atoms with Crippen LogP contribution in [-0.4, -0.2) is 69.2 Å². The van der Waals surface area contributed by atoms with Crippen LogP contribution in [0.25, 0.3) is 0 Å². The Kier molecular flexibility index (Phi) is 4.76. The number of hydrogen-bond donors (Lipinski definition) is 4. The predicted molar refractivity (Wildman–Crippen MR) is 49.3 cm³/mol. The van der Waals surface area contributed by atoms with E-state index < -0.39 is 30.3 Å². The number of rotatable bonds is 1. The molecule has 0 saturated carbocycles. The van der Waals surface area contributed by atoms with Crippen molar-refractivity contribution >= 4 is 18.4 Å². The van der Waals surface area contributed by atoms with E-state index in [1.54, 1.807) is 0 Å². The number of halogens is 1. The molecule has 0 amide bonds. The molecule has 7 heteroatoms. The quantitative estimate of drug-likeness (QED) is 0.409. The lowest BCUT2D eigenvalue weighted by atomic mass is 9.94. The maximum Gasteiger partial charge on any atom is 0.323 e. The van der Waals surface area contributed by atoms with Crippen molar-refractivity contribution in [2.45, 2.75) is 24.4 Å². The van der Waals surface area contributed by atoms with Crippen molar-refractivity contribution in [2.75, 3.05) is 13.6 Å². The summed E-state index contributed by atoms with van der Waals surface area (Å²) in [6.45, 7) is 0.0369. The number of carboxylic acid groups (broad SMARTS) is 1. The molecule has 4 N–H and O–H groups in total. The van der Waals surface area contributed by atoms with Gasteiger partial charge in [-0.1, -0.05) is 0 Å². The molecule has 0 radical (unpaired) electrons. The number of carbonyl (C=O) groups is 1. The molecule has 1 aliphatic heterocycles. The highest BCUT2D eigenvalue weighted by molar-refractivity contribution is 5.85. The fourth-order valence-electron chi connectivity index (χ4n) is 1.53. The summed E-state index contributed by atoms with van der Waals surface area (Å²) < 4.78 is 0.